The van der Waals surface area contributed by atoms with Gasteiger partial charge in [-0.05, 0) is 26.2 Å². The van der Waals surface area contributed by atoms with Crippen LogP contribution in [0.25, 0.3) is 0 Å². The number of urea groups is 1. The smallest absolute Gasteiger partial charge is 0.315 e. The number of nitrogens with one attached hydrogen (secondary N) is 2. The SMILES string of the molecule is CCCCCCC(C)NC(=O)NCC(CC)(CC)C(=O)O. The van der Waals surface area contributed by atoms with Crippen molar-refractivity contribution < 1.29 is 14.7 Å². The van der Waals surface area contributed by atoms with Crippen molar-refractivity contribution >= 4 is 12.0 Å². The highest BCUT2D eigenvalue weighted by atomic mass is 16.4. The van der Waals surface area contributed by atoms with Crippen molar-refractivity contribution in [2.75, 3.05) is 6.54 Å². The van der Waals surface area contributed by atoms with Crippen molar-refractivity contribution in [3.63, 3.8) is 0 Å². The van der Waals surface area contributed by atoms with E-state index in [1.807, 2.05) is 20.8 Å². The Hall–Kier alpha value is -1.26. The molecule has 0 aromatic heterocycles. The Morgan fingerprint density at radius 2 is 1.71 bits per heavy atom. The molecule has 5 nitrogen and oxygen atoms in total. The van der Waals surface area contributed by atoms with Crippen molar-refractivity contribution in [2.45, 2.75) is 78.7 Å². The molecule has 0 saturated heterocycles. The first-order chi connectivity index (χ1) is 9.91. The number of hydrogen-bond acceptors (Lipinski definition) is 2. The number of aliphatic carboxylic acids is 1. The predicted molar refractivity (Wildman–Crippen MR) is 85.4 cm³/mol. The fourth-order valence-electron chi connectivity index (χ4n) is 2.35. The Labute approximate surface area is 128 Å². The maximum Gasteiger partial charge on any atom is 0.315 e. The summed E-state index contributed by atoms with van der Waals surface area (Å²) in [6.45, 7) is 8.01. The van der Waals surface area contributed by atoms with Crippen LogP contribution in [0.4, 0.5) is 4.79 Å². The summed E-state index contributed by atoms with van der Waals surface area (Å²) in [7, 11) is 0. The quantitative estimate of drug-likeness (QED) is 0.511. The number of carboxylic acids is 1. The lowest BCUT2D eigenvalue weighted by Gasteiger charge is -2.27. The molecule has 124 valence electrons. The van der Waals surface area contributed by atoms with E-state index < -0.39 is 11.4 Å². The van der Waals surface area contributed by atoms with E-state index in [2.05, 4.69) is 17.6 Å². The predicted octanol–water partition coefficient (Wildman–Crippen LogP) is 3.54. The van der Waals surface area contributed by atoms with E-state index in [-0.39, 0.29) is 18.6 Å². The molecule has 0 aromatic rings. The monoisotopic (exact) mass is 300 g/mol. The molecule has 0 aromatic carbocycles. The zero-order valence-electron chi connectivity index (χ0n) is 14.0. The summed E-state index contributed by atoms with van der Waals surface area (Å²) in [5.41, 5.74) is -0.859. The molecule has 0 aliphatic heterocycles. The van der Waals surface area contributed by atoms with Gasteiger partial charge in [0.1, 0.15) is 0 Å². The van der Waals surface area contributed by atoms with Crippen molar-refractivity contribution in [1.29, 1.82) is 0 Å². The van der Waals surface area contributed by atoms with Gasteiger partial charge in [0.15, 0.2) is 0 Å². The van der Waals surface area contributed by atoms with Crippen LogP contribution < -0.4 is 10.6 Å². The average molecular weight is 300 g/mol. The Kier molecular flexibility index (Phi) is 9.84. The zero-order valence-corrected chi connectivity index (χ0v) is 14.0. The summed E-state index contributed by atoms with van der Waals surface area (Å²) in [5, 5.41) is 14.9. The van der Waals surface area contributed by atoms with Gasteiger partial charge in [-0.1, -0.05) is 46.5 Å². The van der Waals surface area contributed by atoms with Crippen LogP contribution in [0.3, 0.4) is 0 Å². The van der Waals surface area contributed by atoms with Gasteiger partial charge in [0.2, 0.25) is 0 Å². The summed E-state index contributed by atoms with van der Waals surface area (Å²) in [4.78, 5) is 23.2. The van der Waals surface area contributed by atoms with Crippen LogP contribution in [0.5, 0.6) is 0 Å². The molecule has 5 heteroatoms. The molecule has 0 radical (unpaired) electrons. The van der Waals surface area contributed by atoms with Crippen LogP contribution in [-0.2, 0) is 4.79 Å². The van der Waals surface area contributed by atoms with Gasteiger partial charge in [0.25, 0.3) is 0 Å². The minimum Gasteiger partial charge on any atom is -0.481 e. The molecule has 1 unspecified atom stereocenters. The van der Waals surface area contributed by atoms with Gasteiger partial charge in [-0.25, -0.2) is 4.79 Å². The Balaban J connectivity index is 4.10. The van der Waals surface area contributed by atoms with Crippen molar-refractivity contribution in [3.05, 3.63) is 0 Å². The van der Waals surface area contributed by atoms with Crippen LogP contribution in [0, 0.1) is 5.41 Å². The molecule has 1 atom stereocenters. The van der Waals surface area contributed by atoms with Crippen LogP contribution in [0.15, 0.2) is 0 Å². The molecular formula is C16H32N2O3. The highest BCUT2D eigenvalue weighted by molar-refractivity contribution is 5.78. The molecule has 2 amide bonds. The third-order valence-corrected chi connectivity index (χ3v) is 4.26. The first kappa shape index (κ1) is 19.7. The summed E-state index contributed by atoms with van der Waals surface area (Å²) >= 11 is 0. The van der Waals surface area contributed by atoms with Gasteiger partial charge in [0.05, 0.1) is 5.41 Å². The molecule has 0 aliphatic carbocycles. The Bertz CT molecular complexity index is 315. The van der Waals surface area contributed by atoms with E-state index in [9.17, 15) is 14.7 Å². The lowest BCUT2D eigenvalue weighted by atomic mass is 9.82. The molecule has 21 heavy (non-hydrogen) atoms. The van der Waals surface area contributed by atoms with E-state index in [0.29, 0.717) is 12.8 Å². The first-order valence-corrected chi connectivity index (χ1v) is 8.19. The zero-order chi connectivity index (χ0) is 16.3. The van der Waals surface area contributed by atoms with E-state index >= 15 is 0 Å². The summed E-state index contributed by atoms with van der Waals surface area (Å²) in [6.07, 6.45) is 6.70. The van der Waals surface area contributed by atoms with Gasteiger partial charge in [-0.3, -0.25) is 4.79 Å². The summed E-state index contributed by atoms with van der Waals surface area (Å²) < 4.78 is 0. The minimum absolute atomic E-state index is 0.115. The summed E-state index contributed by atoms with van der Waals surface area (Å²) in [6, 6.07) is -0.158. The molecule has 0 spiro atoms. The van der Waals surface area contributed by atoms with E-state index in [1.165, 1.54) is 19.3 Å². The van der Waals surface area contributed by atoms with Gasteiger partial charge in [-0.2, -0.15) is 0 Å². The normalized spacial score (nSPS) is 12.8. The highest BCUT2D eigenvalue weighted by Gasteiger charge is 2.35. The maximum absolute atomic E-state index is 11.8. The molecule has 0 aliphatic rings. The number of rotatable bonds is 11. The fraction of sp³-hybridized carbons (Fsp3) is 0.875. The van der Waals surface area contributed by atoms with E-state index in [1.54, 1.807) is 0 Å². The Morgan fingerprint density at radius 1 is 1.10 bits per heavy atom. The first-order valence-electron chi connectivity index (χ1n) is 8.19. The molecule has 0 saturated carbocycles. The number of hydrogen-bond donors (Lipinski definition) is 3. The maximum atomic E-state index is 11.8. The van der Waals surface area contributed by atoms with Crippen molar-refractivity contribution in [3.8, 4) is 0 Å². The number of carbonyl (C=O) groups excluding carboxylic acids is 1. The third kappa shape index (κ3) is 7.34. The molecule has 0 heterocycles. The second kappa shape index (κ2) is 10.5. The number of carboxylic acid groups (broad SMARTS) is 1. The molecule has 0 fully saturated rings. The molecule has 0 bridgehead atoms. The number of unbranched alkanes of at least 4 members (excludes halogenated alkanes) is 3. The lowest BCUT2D eigenvalue weighted by Crippen LogP contribution is -2.47. The minimum atomic E-state index is -0.859. The second-order valence-electron chi connectivity index (χ2n) is 5.87. The standard InChI is InChI=1S/C16H32N2O3/c1-5-8-9-10-11-13(4)18-15(21)17-12-16(6-2,7-3)14(19)20/h13H,5-12H2,1-4H3,(H,19,20)(H2,17,18,21). The third-order valence-electron chi connectivity index (χ3n) is 4.26. The fourth-order valence-corrected chi connectivity index (χ4v) is 2.35. The van der Waals surface area contributed by atoms with Crippen LogP contribution in [0.2, 0.25) is 0 Å². The number of carbonyl (C=O) groups is 2. The summed E-state index contributed by atoms with van der Waals surface area (Å²) in [5.74, 6) is -0.847. The topological polar surface area (TPSA) is 78.4 Å². The van der Waals surface area contributed by atoms with E-state index in [0.717, 1.165) is 12.8 Å². The second-order valence-corrected chi connectivity index (χ2v) is 5.87. The molecule has 3 N–H and O–H groups in total. The van der Waals surface area contributed by atoms with Crippen molar-refractivity contribution in [1.82, 2.24) is 10.6 Å². The Morgan fingerprint density at radius 3 is 2.19 bits per heavy atom. The average Bonchev–Trinajstić information content (AvgIpc) is 2.45. The van der Waals surface area contributed by atoms with Crippen LogP contribution in [-0.4, -0.2) is 29.7 Å². The van der Waals surface area contributed by atoms with Gasteiger partial charge in [0, 0.05) is 12.6 Å². The van der Waals surface area contributed by atoms with Gasteiger partial charge < -0.3 is 15.7 Å². The van der Waals surface area contributed by atoms with Gasteiger partial charge in [-0.15, -0.1) is 0 Å². The molecule has 0 rings (SSSR count). The number of amides is 2. The van der Waals surface area contributed by atoms with Gasteiger partial charge >= 0.3 is 12.0 Å². The van der Waals surface area contributed by atoms with Crippen molar-refractivity contribution in [2.24, 2.45) is 5.41 Å². The molecular weight excluding hydrogens is 268 g/mol. The van der Waals surface area contributed by atoms with E-state index in [4.69, 9.17) is 0 Å². The highest BCUT2D eigenvalue weighted by Crippen LogP contribution is 2.25. The lowest BCUT2D eigenvalue weighted by molar-refractivity contribution is -0.149. The largest absolute Gasteiger partial charge is 0.481 e. The van der Waals surface area contributed by atoms with Crippen LogP contribution >= 0.6 is 0 Å². The van der Waals surface area contributed by atoms with Crippen LogP contribution in [0.1, 0.15) is 72.6 Å².